The van der Waals surface area contributed by atoms with Crippen molar-refractivity contribution in [1.29, 1.82) is 0 Å². The summed E-state index contributed by atoms with van der Waals surface area (Å²) < 4.78 is 25.7. The summed E-state index contributed by atoms with van der Waals surface area (Å²) >= 11 is 0. The van der Waals surface area contributed by atoms with Crippen molar-refractivity contribution in [3.8, 4) is 5.69 Å². The van der Waals surface area contributed by atoms with Crippen molar-refractivity contribution in [2.24, 2.45) is 0 Å². The zero-order chi connectivity index (χ0) is 19.5. The molecule has 1 aliphatic carbocycles. The van der Waals surface area contributed by atoms with Crippen molar-refractivity contribution in [1.82, 2.24) is 14.7 Å². The van der Waals surface area contributed by atoms with Crippen LogP contribution in [0.4, 0.5) is 4.39 Å². The Labute approximate surface area is 162 Å². The molecule has 0 saturated carbocycles. The summed E-state index contributed by atoms with van der Waals surface area (Å²) in [5.41, 5.74) is 3.23. The molecule has 0 radical (unpaired) electrons. The molecule has 0 aliphatic heterocycles. The molecule has 28 heavy (non-hydrogen) atoms. The molecule has 146 valence electrons. The highest BCUT2D eigenvalue weighted by Crippen LogP contribution is 2.29. The number of ether oxygens (including phenoxy) is 1. The average Bonchev–Trinajstić information content (AvgIpc) is 3.43. The SMILES string of the molecule is COCCN(Cc1ccco1)C(=O)c1nn(-c2ccc(F)cc2)c2c1CCC2. The van der Waals surface area contributed by atoms with Crippen LogP contribution in [0.5, 0.6) is 0 Å². The van der Waals surface area contributed by atoms with Crippen LogP contribution in [0.3, 0.4) is 0 Å². The molecule has 1 aromatic carbocycles. The lowest BCUT2D eigenvalue weighted by Crippen LogP contribution is -2.34. The third-order valence-corrected chi connectivity index (χ3v) is 4.98. The Morgan fingerprint density at radius 3 is 2.82 bits per heavy atom. The lowest BCUT2D eigenvalue weighted by molar-refractivity contribution is 0.0659. The lowest BCUT2D eigenvalue weighted by atomic mass is 10.1. The summed E-state index contributed by atoms with van der Waals surface area (Å²) in [5.74, 6) is 0.263. The van der Waals surface area contributed by atoms with Gasteiger partial charge in [-0.1, -0.05) is 0 Å². The zero-order valence-electron chi connectivity index (χ0n) is 15.7. The highest BCUT2D eigenvalue weighted by molar-refractivity contribution is 5.94. The van der Waals surface area contributed by atoms with E-state index in [9.17, 15) is 9.18 Å². The van der Waals surface area contributed by atoms with E-state index < -0.39 is 0 Å². The second-order valence-corrected chi connectivity index (χ2v) is 6.81. The second-order valence-electron chi connectivity index (χ2n) is 6.81. The van der Waals surface area contributed by atoms with Crippen molar-refractivity contribution < 1.29 is 18.3 Å². The maximum Gasteiger partial charge on any atom is 0.275 e. The molecule has 4 rings (SSSR count). The van der Waals surface area contributed by atoms with Gasteiger partial charge in [0, 0.05) is 24.9 Å². The second kappa shape index (κ2) is 7.98. The standard InChI is InChI=1S/C21H22FN3O3/c1-27-13-11-24(14-17-4-3-12-28-17)21(26)20-18-5-2-6-19(18)25(23-20)16-9-7-15(22)8-10-16/h3-4,7-10,12H,2,5-6,11,13-14H2,1H3. The van der Waals surface area contributed by atoms with Crippen molar-refractivity contribution in [3.05, 3.63) is 71.2 Å². The Balaban J connectivity index is 1.67. The first-order valence-corrected chi connectivity index (χ1v) is 9.34. The number of carbonyl (C=O) groups is 1. The summed E-state index contributed by atoms with van der Waals surface area (Å²) in [6, 6.07) is 9.81. The van der Waals surface area contributed by atoms with Gasteiger partial charge in [0.15, 0.2) is 5.69 Å². The number of hydrogen-bond acceptors (Lipinski definition) is 4. The van der Waals surface area contributed by atoms with E-state index in [1.54, 1.807) is 41.2 Å². The van der Waals surface area contributed by atoms with Gasteiger partial charge in [0.1, 0.15) is 11.6 Å². The highest BCUT2D eigenvalue weighted by atomic mass is 19.1. The molecule has 0 atom stereocenters. The minimum absolute atomic E-state index is 0.146. The summed E-state index contributed by atoms with van der Waals surface area (Å²) in [5, 5.41) is 4.62. The fourth-order valence-electron chi connectivity index (χ4n) is 3.60. The van der Waals surface area contributed by atoms with Gasteiger partial charge in [0.25, 0.3) is 5.91 Å². The molecule has 2 aromatic heterocycles. The molecule has 0 N–H and O–H groups in total. The largest absolute Gasteiger partial charge is 0.467 e. The molecule has 1 amide bonds. The number of aromatic nitrogens is 2. The number of carbonyl (C=O) groups excluding carboxylic acids is 1. The molecule has 6 nitrogen and oxygen atoms in total. The number of benzene rings is 1. The highest BCUT2D eigenvalue weighted by Gasteiger charge is 2.30. The van der Waals surface area contributed by atoms with Gasteiger partial charge in [-0.2, -0.15) is 5.10 Å². The summed E-state index contributed by atoms with van der Waals surface area (Å²) in [6.45, 7) is 1.22. The van der Waals surface area contributed by atoms with Crippen LogP contribution < -0.4 is 0 Å². The Bertz CT molecular complexity index is 948. The van der Waals surface area contributed by atoms with Gasteiger partial charge in [0.05, 0.1) is 25.1 Å². The molecule has 1 aliphatic rings. The van der Waals surface area contributed by atoms with Crippen molar-refractivity contribution in [2.45, 2.75) is 25.8 Å². The van der Waals surface area contributed by atoms with Gasteiger partial charge in [-0.15, -0.1) is 0 Å². The first kappa shape index (κ1) is 18.4. The minimum atomic E-state index is -0.298. The minimum Gasteiger partial charge on any atom is -0.467 e. The molecular weight excluding hydrogens is 361 g/mol. The van der Waals surface area contributed by atoms with E-state index in [0.717, 1.165) is 36.2 Å². The molecular formula is C21H22FN3O3. The third kappa shape index (κ3) is 3.57. The maximum atomic E-state index is 13.3. The van der Waals surface area contributed by atoms with Crippen LogP contribution in [-0.4, -0.2) is 40.8 Å². The fraction of sp³-hybridized carbons (Fsp3) is 0.333. The van der Waals surface area contributed by atoms with Crippen LogP contribution in [0.25, 0.3) is 5.69 Å². The van der Waals surface area contributed by atoms with Gasteiger partial charge in [-0.05, 0) is 55.7 Å². The number of rotatable bonds is 7. The van der Waals surface area contributed by atoms with Crippen molar-refractivity contribution in [3.63, 3.8) is 0 Å². The third-order valence-electron chi connectivity index (χ3n) is 4.98. The molecule has 0 unspecified atom stereocenters. The van der Waals surface area contributed by atoms with Crippen LogP contribution in [0.2, 0.25) is 0 Å². The molecule has 0 spiro atoms. The molecule has 7 heteroatoms. The predicted molar refractivity (Wildman–Crippen MR) is 101 cm³/mol. The number of hydrogen-bond donors (Lipinski definition) is 0. The van der Waals surface area contributed by atoms with Gasteiger partial charge < -0.3 is 14.1 Å². The fourth-order valence-corrected chi connectivity index (χ4v) is 3.60. The Kier molecular flexibility index (Phi) is 5.25. The number of methoxy groups -OCH3 is 1. The maximum absolute atomic E-state index is 13.3. The van der Waals surface area contributed by atoms with E-state index in [2.05, 4.69) is 5.10 Å². The zero-order valence-corrected chi connectivity index (χ0v) is 15.7. The van der Waals surface area contributed by atoms with E-state index in [1.165, 1.54) is 12.1 Å². The Morgan fingerprint density at radius 1 is 1.29 bits per heavy atom. The Morgan fingerprint density at radius 2 is 2.11 bits per heavy atom. The quantitative estimate of drug-likeness (QED) is 0.628. The topological polar surface area (TPSA) is 60.5 Å². The first-order valence-electron chi connectivity index (χ1n) is 9.34. The molecule has 3 aromatic rings. The van der Waals surface area contributed by atoms with Crippen LogP contribution in [0, 0.1) is 5.82 Å². The number of fused-ring (bicyclic) bond motifs is 1. The summed E-state index contributed by atoms with van der Waals surface area (Å²) in [7, 11) is 1.61. The molecule has 0 saturated heterocycles. The Hall–Kier alpha value is -2.93. The van der Waals surface area contributed by atoms with Crippen molar-refractivity contribution in [2.75, 3.05) is 20.3 Å². The van der Waals surface area contributed by atoms with E-state index in [0.29, 0.717) is 31.2 Å². The number of furan rings is 1. The first-order chi connectivity index (χ1) is 13.7. The van der Waals surface area contributed by atoms with Gasteiger partial charge in [-0.25, -0.2) is 9.07 Å². The van der Waals surface area contributed by atoms with E-state index in [4.69, 9.17) is 9.15 Å². The van der Waals surface area contributed by atoms with E-state index in [1.807, 2.05) is 6.07 Å². The van der Waals surface area contributed by atoms with Gasteiger partial charge in [0.2, 0.25) is 0 Å². The number of amides is 1. The van der Waals surface area contributed by atoms with Crippen LogP contribution in [0.15, 0.2) is 47.1 Å². The van der Waals surface area contributed by atoms with E-state index in [-0.39, 0.29) is 11.7 Å². The normalized spacial score (nSPS) is 12.9. The van der Waals surface area contributed by atoms with Gasteiger partial charge in [-0.3, -0.25) is 4.79 Å². The number of halogens is 1. The monoisotopic (exact) mass is 383 g/mol. The van der Waals surface area contributed by atoms with Crippen molar-refractivity contribution >= 4 is 5.91 Å². The smallest absolute Gasteiger partial charge is 0.275 e. The summed E-state index contributed by atoms with van der Waals surface area (Å²) in [6.07, 6.45) is 4.24. The lowest BCUT2D eigenvalue weighted by Gasteiger charge is -2.20. The van der Waals surface area contributed by atoms with Crippen LogP contribution in [-0.2, 0) is 24.1 Å². The summed E-state index contributed by atoms with van der Waals surface area (Å²) in [4.78, 5) is 15.0. The van der Waals surface area contributed by atoms with Crippen LogP contribution >= 0.6 is 0 Å². The predicted octanol–water partition coefficient (Wildman–Crippen LogP) is 3.38. The molecule has 2 heterocycles. The molecule has 0 bridgehead atoms. The van der Waals surface area contributed by atoms with Crippen LogP contribution in [0.1, 0.15) is 33.9 Å². The molecule has 0 fully saturated rings. The van der Waals surface area contributed by atoms with Gasteiger partial charge >= 0.3 is 0 Å². The number of nitrogens with zero attached hydrogens (tertiary/aromatic N) is 3. The average molecular weight is 383 g/mol. The van der Waals surface area contributed by atoms with E-state index >= 15 is 0 Å².